The predicted octanol–water partition coefficient (Wildman–Crippen LogP) is 3.00. The molecule has 0 radical (unpaired) electrons. The van der Waals surface area contributed by atoms with E-state index in [4.69, 9.17) is 5.73 Å². The summed E-state index contributed by atoms with van der Waals surface area (Å²) in [6, 6.07) is 0.866. The van der Waals surface area contributed by atoms with E-state index in [0.717, 1.165) is 25.0 Å². The maximum atomic E-state index is 5.69. The fourth-order valence-electron chi connectivity index (χ4n) is 5.62. The van der Waals surface area contributed by atoms with Crippen LogP contribution in [0.2, 0.25) is 0 Å². The van der Waals surface area contributed by atoms with Gasteiger partial charge in [0.1, 0.15) is 0 Å². The van der Waals surface area contributed by atoms with E-state index < -0.39 is 0 Å². The standard InChI is InChI=1S/C23H40N6/c24-23-25-15-21(16-26-23)18-28(14-13-27-10-4-1-5-11-27)17-20-7-6-12-29(19-20)22-8-2-3-9-22/h15-16,20,22H,1-14,17-19H2,(H2,24,25,26). The molecular weight excluding hydrogens is 360 g/mol. The monoisotopic (exact) mass is 400 g/mol. The number of aromatic nitrogens is 2. The van der Waals surface area contributed by atoms with E-state index in [2.05, 4.69) is 24.7 Å². The number of hydrogen-bond donors (Lipinski definition) is 1. The first kappa shape index (κ1) is 21.0. The van der Waals surface area contributed by atoms with Gasteiger partial charge in [-0.25, -0.2) is 9.97 Å². The number of nitrogen functional groups attached to an aromatic ring is 1. The largest absolute Gasteiger partial charge is 0.368 e. The maximum absolute atomic E-state index is 5.69. The third-order valence-electron chi connectivity index (χ3n) is 7.22. The highest BCUT2D eigenvalue weighted by molar-refractivity contribution is 5.17. The quantitative estimate of drug-likeness (QED) is 0.724. The number of likely N-dealkylation sites (tertiary alicyclic amines) is 2. The number of nitrogens with zero attached hydrogens (tertiary/aromatic N) is 5. The number of anilines is 1. The molecule has 3 heterocycles. The molecule has 162 valence electrons. The first-order valence-electron chi connectivity index (χ1n) is 12.0. The summed E-state index contributed by atoms with van der Waals surface area (Å²) in [6.45, 7) is 9.63. The van der Waals surface area contributed by atoms with Gasteiger partial charge in [0.05, 0.1) is 0 Å². The van der Waals surface area contributed by atoms with Gasteiger partial charge < -0.3 is 15.5 Å². The van der Waals surface area contributed by atoms with Crippen molar-refractivity contribution >= 4 is 5.95 Å². The van der Waals surface area contributed by atoms with Crippen LogP contribution >= 0.6 is 0 Å². The summed E-state index contributed by atoms with van der Waals surface area (Å²) in [5, 5.41) is 0. The fourth-order valence-corrected chi connectivity index (χ4v) is 5.62. The molecule has 2 aliphatic heterocycles. The third kappa shape index (κ3) is 6.37. The number of nitrogens with two attached hydrogens (primary N) is 1. The Bertz CT molecular complexity index is 594. The summed E-state index contributed by atoms with van der Waals surface area (Å²) in [5.41, 5.74) is 6.87. The maximum Gasteiger partial charge on any atom is 0.219 e. The van der Waals surface area contributed by atoms with Crippen molar-refractivity contribution in [1.29, 1.82) is 0 Å². The third-order valence-corrected chi connectivity index (χ3v) is 7.22. The summed E-state index contributed by atoms with van der Waals surface area (Å²) >= 11 is 0. The highest BCUT2D eigenvalue weighted by Gasteiger charge is 2.29. The van der Waals surface area contributed by atoms with Crippen LogP contribution in [0.25, 0.3) is 0 Å². The Morgan fingerprint density at radius 1 is 0.931 bits per heavy atom. The fraction of sp³-hybridized carbons (Fsp3) is 0.826. The first-order chi connectivity index (χ1) is 14.3. The Morgan fingerprint density at radius 3 is 2.45 bits per heavy atom. The van der Waals surface area contributed by atoms with E-state index in [1.807, 2.05) is 12.4 Å². The van der Waals surface area contributed by atoms with E-state index in [1.165, 1.54) is 103 Å². The van der Waals surface area contributed by atoms with Crippen LogP contribution in [0.15, 0.2) is 12.4 Å². The summed E-state index contributed by atoms with van der Waals surface area (Å²) < 4.78 is 0. The van der Waals surface area contributed by atoms with Crippen molar-refractivity contribution in [2.45, 2.75) is 70.4 Å². The smallest absolute Gasteiger partial charge is 0.219 e. The van der Waals surface area contributed by atoms with E-state index >= 15 is 0 Å². The lowest BCUT2D eigenvalue weighted by molar-refractivity contribution is 0.0911. The molecular formula is C23H40N6. The summed E-state index contributed by atoms with van der Waals surface area (Å²) in [7, 11) is 0. The van der Waals surface area contributed by atoms with Crippen LogP contribution in [0, 0.1) is 5.92 Å². The second-order valence-electron chi connectivity index (χ2n) is 9.53. The van der Waals surface area contributed by atoms with Gasteiger partial charge in [0.25, 0.3) is 0 Å². The molecule has 2 saturated heterocycles. The van der Waals surface area contributed by atoms with Crippen LogP contribution < -0.4 is 5.73 Å². The molecule has 29 heavy (non-hydrogen) atoms. The molecule has 1 aromatic rings. The highest BCUT2D eigenvalue weighted by Crippen LogP contribution is 2.28. The second kappa shape index (κ2) is 10.7. The molecule has 4 rings (SSSR count). The molecule has 0 spiro atoms. The number of hydrogen-bond acceptors (Lipinski definition) is 6. The molecule has 3 aliphatic rings. The van der Waals surface area contributed by atoms with E-state index in [1.54, 1.807) is 0 Å². The lowest BCUT2D eigenvalue weighted by Crippen LogP contribution is -2.46. The van der Waals surface area contributed by atoms with Gasteiger partial charge in [-0.15, -0.1) is 0 Å². The van der Waals surface area contributed by atoms with E-state index in [0.29, 0.717) is 5.95 Å². The predicted molar refractivity (Wildman–Crippen MR) is 119 cm³/mol. The average molecular weight is 401 g/mol. The minimum absolute atomic E-state index is 0.369. The Labute approximate surface area is 176 Å². The van der Waals surface area contributed by atoms with Crippen LogP contribution in [-0.2, 0) is 6.54 Å². The minimum atomic E-state index is 0.369. The van der Waals surface area contributed by atoms with Gasteiger partial charge in [0.15, 0.2) is 0 Å². The van der Waals surface area contributed by atoms with Gasteiger partial charge >= 0.3 is 0 Å². The van der Waals surface area contributed by atoms with Gasteiger partial charge in [-0.3, -0.25) is 4.90 Å². The molecule has 1 aromatic heterocycles. The zero-order valence-corrected chi connectivity index (χ0v) is 18.1. The van der Waals surface area contributed by atoms with Crippen molar-refractivity contribution < 1.29 is 0 Å². The van der Waals surface area contributed by atoms with Crippen LogP contribution in [0.1, 0.15) is 63.4 Å². The Kier molecular flexibility index (Phi) is 7.74. The lowest BCUT2D eigenvalue weighted by atomic mass is 9.95. The molecule has 1 aliphatic carbocycles. The second-order valence-corrected chi connectivity index (χ2v) is 9.53. The molecule has 1 atom stereocenters. The van der Waals surface area contributed by atoms with Crippen molar-refractivity contribution in [2.24, 2.45) is 5.92 Å². The molecule has 1 saturated carbocycles. The first-order valence-corrected chi connectivity index (χ1v) is 12.0. The van der Waals surface area contributed by atoms with E-state index in [9.17, 15) is 0 Å². The molecule has 6 nitrogen and oxygen atoms in total. The number of rotatable bonds is 8. The van der Waals surface area contributed by atoms with Gasteiger partial charge in [-0.1, -0.05) is 19.3 Å². The summed E-state index contributed by atoms with van der Waals surface area (Å²) in [4.78, 5) is 16.6. The van der Waals surface area contributed by atoms with Gasteiger partial charge in [0, 0.05) is 56.7 Å². The lowest BCUT2D eigenvalue weighted by Gasteiger charge is -2.39. The van der Waals surface area contributed by atoms with Crippen LogP contribution in [-0.4, -0.2) is 76.5 Å². The molecule has 3 fully saturated rings. The van der Waals surface area contributed by atoms with Gasteiger partial charge in [-0.2, -0.15) is 0 Å². The minimum Gasteiger partial charge on any atom is -0.368 e. The topological polar surface area (TPSA) is 61.5 Å². The molecule has 6 heteroatoms. The van der Waals surface area contributed by atoms with Crippen molar-refractivity contribution in [1.82, 2.24) is 24.7 Å². The van der Waals surface area contributed by atoms with Crippen LogP contribution in [0.4, 0.5) is 5.95 Å². The highest BCUT2D eigenvalue weighted by atomic mass is 15.2. The zero-order valence-electron chi connectivity index (χ0n) is 18.1. The van der Waals surface area contributed by atoms with Crippen molar-refractivity contribution in [3.63, 3.8) is 0 Å². The van der Waals surface area contributed by atoms with Crippen molar-refractivity contribution in [3.05, 3.63) is 18.0 Å². The molecule has 0 amide bonds. The van der Waals surface area contributed by atoms with Crippen molar-refractivity contribution in [2.75, 3.05) is 51.5 Å². The Hall–Kier alpha value is -1.24. The summed E-state index contributed by atoms with van der Waals surface area (Å²) in [6.07, 6.45) is 16.4. The van der Waals surface area contributed by atoms with Gasteiger partial charge in [0.2, 0.25) is 5.95 Å². The zero-order chi connectivity index (χ0) is 19.9. The van der Waals surface area contributed by atoms with Crippen molar-refractivity contribution in [3.8, 4) is 0 Å². The molecule has 0 aromatic carbocycles. The Balaban J connectivity index is 1.34. The van der Waals surface area contributed by atoms with Crippen LogP contribution in [0.3, 0.4) is 0 Å². The average Bonchev–Trinajstić information content (AvgIpc) is 3.30. The van der Waals surface area contributed by atoms with E-state index in [-0.39, 0.29) is 0 Å². The SMILES string of the molecule is Nc1ncc(CN(CCN2CCCCC2)CC2CCCN(C3CCCC3)C2)cn1. The molecule has 0 bridgehead atoms. The summed E-state index contributed by atoms with van der Waals surface area (Å²) in [5.74, 6) is 1.16. The molecule has 2 N–H and O–H groups in total. The van der Waals surface area contributed by atoms with Gasteiger partial charge in [-0.05, 0) is 64.1 Å². The number of piperidine rings is 2. The normalized spacial score (nSPS) is 25.1. The Morgan fingerprint density at radius 2 is 1.69 bits per heavy atom. The molecule has 1 unspecified atom stereocenters. The van der Waals surface area contributed by atoms with Crippen LogP contribution in [0.5, 0.6) is 0 Å².